The summed E-state index contributed by atoms with van der Waals surface area (Å²) in [7, 11) is 0. The van der Waals surface area contributed by atoms with E-state index in [1.165, 1.54) is 50.7 Å². The van der Waals surface area contributed by atoms with Gasteiger partial charge in [0.15, 0.2) is 0 Å². The van der Waals surface area contributed by atoms with Crippen LogP contribution in [0.3, 0.4) is 0 Å². The van der Waals surface area contributed by atoms with E-state index in [2.05, 4.69) is 10.6 Å². The fourth-order valence-corrected chi connectivity index (χ4v) is 5.19. The molecule has 7 heteroatoms. The van der Waals surface area contributed by atoms with E-state index >= 15 is 0 Å². The molecular weight excluding hydrogens is 393 g/mol. The maximum Gasteiger partial charge on any atom is 0.416 e. The summed E-state index contributed by atoms with van der Waals surface area (Å²) in [5, 5.41) is 6.21. The second-order valence-electron chi connectivity index (χ2n) is 8.71. The van der Waals surface area contributed by atoms with Gasteiger partial charge in [-0.15, -0.1) is 0 Å². The zero-order valence-corrected chi connectivity index (χ0v) is 16.9. The average Bonchev–Trinajstić information content (AvgIpc) is 2.76. The Labute approximate surface area is 173 Å². The topological polar surface area (TPSA) is 58.2 Å². The number of anilines is 3. The number of alkyl halides is 3. The summed E-state index contributed by atoms with van der Waals surface area (Å²) in [6, 6.07) is 4.63. The van der Waals surface area contributed by atoms with Crippen LogP contribution in [0.15, 0.2) is 33.9 Å². The highest BCUT2D eigenvalue weighted by molar-refractivity contribution is 5.79. The molecule has 2 saturated carbocycles. The minimum atomic E-state index is -4.41. The molecule has 2 atom stereocenters. The Hall–Kier alpha value is -2.31. The Kier molecular flexibility index (Phi) is 5.89. The highest BCUT2D eigenvalue weighted by atomic mass is 19.4. The van der Waals surface area contributed by atoms with Crippen LogP contribution in [0.5, 0.6) is 0 Å². The van der Waals surface area contributed by atoms with E-state index in [1.54, 1.807) is 0 Å². The zero-order chi connectivity index (χ0) is 21.3. The average molecular weight is 420 g/mol. The Morgan fingerprint density at radius 1 is 0.767 bits per heavy atom. The van der Waals surface area contributed by atoms with E-state index in [0.29, 0.717) is 17.5 Å². The Morgan fingerprint density at radius 2 is 1.37 bits per heavy atom. The van der Waals surface area contributed by atoms with E-state index in [9.17, 15) is 22.8 Å². The fourth-order valence-electron chi connectivity index (χ4n) is 5.19. The lowest BCUT2D eigenvalue weighted by Gasteiger charge is -2.40. The molecule has 30 heavy (non-hydrogen) atoms. The van der Waals surface area contributed by atoms with Crippen LogP contribution < -0.4 is 21.5 Å². The van der Waals surface area contributed by atoms with Crippen LogP contribution in [0.1, 0.15) is 63.4 Å². The number of hydrogen-bond donors (Lipinski definition) is 2. The molecule has 4 nitrogen and oxygen atoms in total. The summed E-state index contributed by atoms with van der Waals surface area (Å²) < 4.78 is 38.2. The Balaban J connectivity index is 1.49. The van der Waals surface area contributed by atoms with Crippen molar-refractivity contribution in [2.24, 2.45) is 11.8 Å². The molecule has 0 amide bonds. The van der Waals surface area contributed by atoms with Crippen molar-refractivity contribution in [3.63, 3.8) is 0 Å². The zero-order valence-electron chi connectivity index (χ0n) is 16.9. The predicted octanol–water partition coefficient (Wildman–Crippen LogP) is 5.60. The fraction of sp³-hybridized carbons (Fsp3) is 0.565. The second-order valence-corrected chi connectivity index (χ2v) is 8.71. The van der Waals surface area contributed by atoms with Crippen molar-refractivity contribution in [1.82, 2.24) is 0 Å². The molecule has 2 N–H and O–H groups in total. The van der Waals surface area contributed by atoms with E-state index in [1.807, 2.05) is 0 Å². The van der Waals surface area contributed by atoms with Gasteiger partial charge in [0.05, 0.1) is 5.56 Å². The van der Waals surface area contributed by atoms with Gasteiger partial charge in [0.25, 0.3) is 10.9 Å². The third-order valence-electron chi connectivity index (χ3n) is 6.80. The van der Waals surface area contributed by atoms with Gasteiger partial charge < -0.3 is 10.6 Å². The molecule has 4 rings (SSSR count). The second kappa shape index (κ2) is 8.44. The highest BCUT2D eigenvalue weighted by Crippen LogP contribution is 2.40. The van der Waals surface area contributed by atoms with Gasteiger partial charge >= 0.3 is 6.18 Å². The minimum Gasteiger partial charge on any atom is -0.377 e. The lowest BCUT2D eigenvalue weighted by Crippen LogP contribution is -2.43. The van der Waals surface area contributed by atoms with Gasteiger partial charge in [-0.25, -0.2) is 0 Å². The van der Waals surface area contributed by atoms with Crippen molar-refractivity contribution < 1.29 is 13.2 Å². The molecule has 0 aliphatic heterocycles. The highest BCUT2D eigenvalue weighted by Gasteiger charge is 2.35. The van der Waals surface area contributed by atoms with Gasteiger partial charge in [-0.3, -0.25) is 9.59 Å². The van der Waals surface area contributed by atoms with Gasteiger partial charge in [-0.05, 0) is 48.9 Å². The molecule has 0 saturated heterocycles. The van der Waals surface area contributed by atoms with E-state index in [-0.39, 0.29) is 17.4 Å². The van der Waals surface area contributed by atoms with Crippen molar-refractivity contribution in [2.45, 2.75) is 70.0 Å². The molecule has 162 valence electrons. The predicted molar refractivity (Wildman–Crippen MR) is 112 cm³/mol. The van der Waals surface area contributed by atoms with Crippen LogP contribution in [0.2, 0.25) is 0 Å². The molecule has 2 fully saturated rings. The van der Waals surface area contributed by atoms with Crippen LogP contribution in [0, 0.1) is 11.8 Å². The molecule has 2 aliphatic rings. The van der Waals surface area contributed by atoms with Crippen LogP contribution in [0.25, 0.3) is 0 Å². The minimum absolute atomic E-state index is 0.160. The number of hydrogen-bond acceptors (Lipinski definition) is 4. The number of nitrogens with one attached hydrogen (secondary N) is 2. The third-order valence-corrected chi connectivity index (χ3v) is 6.80. The van der Waals surface area contributed by atoms with Crippen LogP contribution >= 0.6 is 0 Å². The van der Waals surface area contributed by atoms with Crippen molar-refractivity contribution in [3.05, 3.63) is 50.3 Å². The molecule has 0 radical (unpaired) electrons. The Morgan fingerprint density at radius 3 is 2.03 bits per heavy atom. The van der Waals surface area contributed by atoms with Gasteiger partial charge in [-0.2, -0.15) is 13.2 Å². The summed E-state index contributed by atoms with van der Waals surface area (Å²) in [6.45, 7) is 0. The molecular formula is C23H27F3N2O2. The first-order chi connectivity index (χ1) is 14.3. The van der Waals surface area contributed by atoms with E-state index < -0.39 is 22.6 Å². The number of rotatable bonds is 5. The number of halogens is 3. The monoisotopic (exact) mass is 420 g/mol. The maximum absolute atomic E-state index is 12.7. The van der Waals surface area contributed by atoms with Crippen molar-refractivity contribution in [1.29, 1.82) is 0 Å². The molecule has 2 aromatic rings. The van der Waals surface area contributed by atoms with E-state index in [0.717, 1.165) is 31.4 Å². The lowest BCUT2D eigenvalue weighted by atomic mass is 9.71. The molecule has 0 aromatic heterocycles. The SMILES string of the molecule is O=c1c(Nc2ccc(C(F)(F)F)cc2)c(N[C@@H]2CCCCC2C2CCCCC2)c1=O. The Bertz CT molecular complexity index is 939. The largest absolute Gasteiger partial charge is 0.416 e. The summed E-state index contributed by atoms with van der Waals surface area (Å²) in [4.78, 5) is 24.4. The van der Waals surface area contributed by atoms with E-state index in [4.69, 9.17) is 0 Å². The first kappa shape index (κ1) is 20.9. The maximum atomic E-state index is 12.7. The summed E-state index contributed by atoms with van der Waals surface area (Å²) in [6.07, 6.45) is 6.25. The molecule has 1 unspecified atom stereocenters. The third kappa shape index (κ3) is 4.25. The smallest absolute Gasteiger partial charge is 0.377 e. The normalized spacial score (nSPS) is 23.4. The first-order valence-corrected chi connectivity index (χ1v) is 10.9. The molecule has 0 bridgehead atoms. The standard InChI is InChI=1S/C23H27F3N2O2/c24-23(25,26)15-10-12-16(13-11-15)27-19-20(22(30)21(19)29)28-18-9-5-4-8-17(18)14-6-2-1-3-7-14/h10-14,17-18,27-28H,1-9H2/t17?,18-/m1/s1. The van der Waals surface area contributed by atoms with Crippen molar-refractivity contribution >= 4 is 17.1 Å². The molecule has 2 aliphatic carbocycles. The molecule has 0 spiro atoms. The summed E-state index contributed by atoms with van der Waals surface area (Å²) in [5.41, 5.74) is -1.13. The molecule has 0 heterocycles. The number of benzene rings is 1. The van der Waals surface area contributed by atoms with Gasteiger partial charge in [0, 0.05) is 11.7 Å². The lowest BCUT2D eigenvalue weighted by molar-refractivity contribution is -0.137. The van der Waals surface area contributed by atoms with Gasteiger partial charge in [-0.1, -0.05) is 44.9 Å². The first-order valence-electron chi connectivity index (χ1n) is 10.9. The van der Waals surface area contributed by atoms with Gasteiger partial charge in [0.1, 0.15) is 11.4 Å². The quantitative estimate of drug-likeness (QED) is 0.619. The summed E-state index contributed by atoms with van der Waals surface area (Å²) >= 11 is 0. The van der Waals surface area contributed by atoms with Crippen molar-refractivity contribution in [3.8, 4) is 0 Å². The molecule has 2 aromatic carbocycles. The van der Waals surface area contributed by atoms with Crippen LogP contribution in [0.4, 0.5) is 30.2 Å². The summed E-state index contributed by atoms with van der Waals surface area (Å²) in [5.74, 6) is 1.16. The van der Waals surface area contributed by atoms with Crippen molar-refractivity contribution in [2.75, 3.05) is 10.6 Å². The van der Waals surface area contributed by atoms with Gasteiger partial charge in [0.2, 0.25) is 0 Å². The van der Waals surface area contributed by atoms with Crippen LogP contribution in [-0.4, -0.2) is 6.04 Å². The van der Waals surface area contributed by atoms with Crippen LogP contribution in [-0.2, 0) is 6.18 Å².